The van der Waals surface area contributed by atoms with Gasteiger partial charge in [-0.15, -0.1) is 0 Å². The Morgan fingerprint density at radius 2 is 2.30 bits per heavy atom. The summed E-state index contributed by atoms with van der Waals surface area (Å²) in [4.78, 5) is 11.3. The zero-order valence-electron chi connectivity index (χ0n) is 6.47. The quantitative estimate of drug-likeness (QED) is 0.570. The summed E-state index contributed by atoms with van der Waals surface area (Å²) in [6.45, 7) is 2.16. The molecular formula is C9H14O. The van der Waals surface area contributed by atoms with Crippen LogP contribution in [0.3, 0.4) is 0 Å². The number of fused-ring (bicyclic) bond motifs is 1. The van der Waals surface area contributed by atoms with Crippen molar-refractivity contribution in [3.8, 4) is 0 Å². The summed E-state index contributed by atoms with van der Waals surface area (Å²) in [5.41, 5.74) is 0. The zero-order chi connectivity index (χ0) is 7.14. The third kappa shape index (κ3) is 0.799. The molecule has 1 heteroatoms. The van der Waals surface area contributed by atoms with Crippen LogP contribution in [0, 0.1) is 17.8 Å². The maximum absolute atomic E-state index is 11.3. The Morgan fingerprint density at radius 3 is 2.80 bits per heavy atom. The van der Waals surface area contributed by atoms with Gasteiger partial charge in [0.25, 0.3) is 0 Å². The molecule has 2 aliphatic rings. The second kappa shape index (κ2) is 2.08. The molecule has 1 nitrogen and oxygen atoms in total. The lowest BCUT2D eigenvalue weighted by atomic mass is 9.97. The number of carbonyl (C=O) groups excluding carboxylic acids is 1. The number of Topliss-reactive ketones (excluding diaryl/α,β-unsaturated/α-hetero) is 1. The first-order chi connectivity index (χ1) is 4.83. The van der Waals surface area contributed by atoms with E-state index in [0.717, 1.165) is 12.3 Å². The minimum absolute atomic E-state index is 0.466. The summed E-state index contributed by atoms with van der Waals surface area (Å²) >= 11 is 0. The SMILES string of the molecule is CCC[C@@H]1C[C@H]2C[C@H]2C1=O. The van der Waals surface area contributed by atoms with E-state index >= 15 is 0 Å². The first kappa shape index (κ1) is 6.38. The highest BCUT2D eigenvalue weighted by Crippen LogP contribution is 2.52. The third-order valence-electron chi connectivity index (χ3n) is 2.91. The maximum atomic E-state index is 11.3. The summed E-state index contributed by atoms with van der Waals surface area (Å²) < 4.78 is 0. The molecule has 56 valence electrons. The van der Waals surface area contributed by atoms with E-state index in [-0.39, 0.29) is 0 Å². The van der Waals surface area contributed by atoms with Crippen LogP contribution in [0.1, 0.15) is 32.6 Å². The topological polar surface area (TPSA) is 17.1 Å². The molecule has 0 aromatic carbocycles. The van der Waals surface area contributed by atoms with Crippen LogP contribution >= 0.6 is 0 Å². The van der Waals surface area contributed by atoms with Crippen LogP contribution in [-0.4, -0.2) is 5.78 Å². The molecule has 0 saturated heterocycles. The molecule has 2 fully saturated rings. The van der Waals surface area contributed by atoms with Crippen molar-refractivity contribution in [2.24, 2.45) is 17.8 Å². The van der Waals surface area contributed by atoms with Gasteiger partial charge < -0.3 is 0 Å². The summed E-state index contributed by atoms with van der Waals surface area (Å²) in [7, 11) is 0. The van der Waals surface area contributed by atoms with Gasteiger partial charge in [-0.25, -0.2) is 0 Å². The molecule has 2 rings (SSSR count). The van der Waals surface area contributed by atoms with Gasteiger partial charge in [-0.3, -0.25) is 4.79 Å². The van der Waals surface area contributed by atoms with Crippen molar-refractivity contribution in [1.82, 2.24) is 0 Å². The monoisotopic (exact) mass is 138 g/mol. The van der Waals surface area contributed by atoms with Gasteiger partial charge in [-0.1, -0.05) is 13.3 Å². The van der Waals surface area contributed by atoms with Crippen molar-refractivity contribution in [3.63, 3.8) is 0 Å². The second-order valence-electron chi connectivity index (χ2n) is 3.73. The Kier molecular flexibility index (Phi) is 1.33. The highest BCUT2D eigenvalue weighted by Gasteiger charge is 2.52. The van der Waals surface area contributed by atoms with Crippen LogP contribution < -0.4 is 0 Å². The van der Waals surface area contributed by atoms with Crippen molar-refractivity contribution in [2.75, 3.05) is 0 Å². The van der Waals surface area contributed by atoms with Crippen LogP contribution in [0.4, 0.5) is 0 Å². The van der Waals surface area contributed by atoms with E-state index in [1.807, 2.05) is 0 Å². The number of carbonyl (C=O) groups is 1. The van der Waals surface area contributed by atoms with Gasteiger partial charge in [-0.05, 0) is 25.2 Å². The van der Waals surface area contributed by atoms with E-state index in [1.165, 1.54) is 19.3 Å². The molecule has 0 aliphatic heterocycles. The Bertz CT molecular complexity index is 162. The molecule has 0 N–H and O–H groups in total. The maximum Gasteiger partial charge on any atom is 0.139 e. The van der Waals surface area contributed by atoms with E-state index in [0.29, 0.717) is 17.6 Å². The normalized spacial score (nSPS) is 43.7. The first-order valence-corrected chi connectivity index (χ1v) is 4.36. The molecule has 3 atom stereocenters. The fourth-order valence-electron chi connectivity index (χ4n) is 2.25. The van der Waals surface area contributed by atoms with Gasteiger partial charge in [0.05, 0.1) is 0 Å². The van der Waals surface area contributed by atoms with Crippen LogP contribution in [-0.2, 0) is 4.79 Å². The molecule has 2 saturated carbocycles. The first-order valence-electron chi connectivity index (χ1n) is 4.36. The van der Waals surface area contributed by atoms with E-state index < -0.39 is 0 Å². The lowest BCUT2D eigenvalue weighted by molar-refractivity contribution is -0.122. The Balaban J connectivity index is 1.95. The fraction of sp³-hybridized carbons (Fsp3) is 0.889. The molecule has 2 aliphatic carbocycles. The Morgan fingerprint density at radius 1 is 1.50 bits per heavy atom. The summed E-state index contributed by atoms with van der Waals surface area (Å²) in [6, 6.07) is 0. The third-order valence-corrected chi connectivity index (χ3v) is 2.91. The lowest BCUT2D eigenvalue weighted by Crippen LogP contribution is -2.10. The van der Waals surface area contributed by atoms with Crippen molar-refractivity contribution >= 4 is 5.78 Å². The molecule has 0 unspecified atom stereocenters. The molecule has 10 heavy (non-hydrogen) atoms. The average Bonchev–Trinajstić information content (AvgIpc) is 2.60. The van der Waals surface area contributed by atoms with Crippen molar-refractivity contribution in [3.05, 3.63) is 0 Å². The predicted octanol–water partition coefficient (Wildman–Crippen LogP) is 2.01. The van der Waals surface area contributed by atoms with Crippen LogP contribution in [0.5, 0.6) is 0 Å². The van der Waals surface area contributed by atoms with Crippen molar-refractivity contribution in [1.29, 1.82) is 0 Å². The van der Waals surface area contributed by atoms with Crippen molar-refractivity contribution < 1.29 is 4.79 Å². The summed E-state index contributed by atoms with van der Waals surface area (Å²) in [5.74, 6) is 2.40. The molecule has 0 aromatic rings. The van der Waals surface area contributed by atoms with Gasteiger partial charge in [0.2, 0.25) is 0 Å². The second-order valence-corrected chi connectivity index (χ2v) is 3.73. The smallest absolute Gasteiger partial charge is 0.139 e. The van der Waals surface area contributed by atoms with Crippen LogP contribution in [0.2, 0.25) is 0 Å². The number of hydrogen-bond donors (Lipinski definition) is 0. The molecule has 0 aromatic heterocycles. The molecule has 0 heterocycles. The van der Waals surface area contributed by atoms with Gasteiger partial charge in [0.15, 0.2) is 0 Å². The minimum Gasteiger partial charge on any atom is -0.299 e. The minimum atomic E-state index is 0.466. The van der Waals surface area contributed by atoms with Crippen LogP contribution in [0.25, 0.3) is 0 Å². The molecular weight excluding hydrogens is 124 g/mol. The predicted molar refractivity (Wildman–Crippen MR) is 39.6 cm³/mol. The van der Waals surface area contributed by atoms with E-state index in [4.69, 9.17) is 0 Å². The van der Waals surface area contributed by atoms with Gasteiger partial charge in [-0.2, -0.15) is 0 Å². The number of hydrogen-bond acceptors (Lipinski definition) is 1. The number of ketones is 1. The molecule has 0 spiro atoms. The fourth-order valence-corrected chi connectivity index (χ4v) is 2.25. The standard InChI is InChI=1S/C9H14O/c1-2-3-6-4-7-5-8(7)9(6)10/h6-8H,2-5H2,1H3/t6-,7+,8-/m1/s1. The highest BCUT2D eigenvalue weighted by molar-refractivity contribution is 5.88. The highest BCUT2D eigenvalue weighted by atomic mass is 16.1. The van der Waals surface area contributed by atoms with E-state index in [2.05, 4.69) is 6.92 Å². The molecule has 0 bridgehead atoms. The average molecular weight is 138 g/mol. The summed E-state index contributed by atoms with van der Waals surface area (Å²) in [5, 5.41) is 0. The van der Waals surface area contributed by atoms with Crippen molar-refractivity contribution in [2.45, 2.75) is 32.6 Å². The lowest BCUT2D eigenvalue weighted by Gasteiger charge is -2.06. The molecule has 0 amide bonds. The van der Waals surface area contributed by atoms with Gasteiger partial charge in [0, 0.05) is 11.8 Å². The van der Waals surface area contributed by atoms with Gasteiger partial charge >= 0.3 is 0 Å². The largest absolute Gasteiger partial charge is 0.299 e. The summed E-state index contributed by atoms with van der Waals surface area (Å²) in [6.07, 6.45) is 4.76. The van der Waals surface area contributed by atoms with E-state index in [1.54, 1.807) is 0 Å². The Labute approximate surface area is 61.8 Å². The molecule has 0 radical (unpaired) electrons. The van der Waals surface area contributed by atoms with Crippen LogP contribution in [0.15, 0.2) is 0 Å². The van der Waals surface area contributed by atoms with E-state index in [9.17, 15) is 4.79 Å². The number of rotatable bonds is 2. The van der Waals surface area contributed by atoms with Gasteiger partial charge in [0.1, 0.15) is 5.78 Å². The zero-order valence-corrected chi connectivity index (χ0v) is 6.47. The Hall–Kier alpha value is -0.330.